The highest BCUT2D eigenvalue weighted by atomic mass is 16.3. The van der Waals surface area contributed by atoms with Crippen molar-refractivity contribution in [2.24, 2.45) is 0 Å². The topological polar surface area (TPSA) is 52.6 Å². The quantitative estimate of drug-likeness (QED) is 0.900. The molecule has 4 nitrogen and oxygen atoms in total. The smallest absolute Gasteiger partial charge is 0.255 e. The molecule has 132 valence electrons. The van der Waals surface area contributed by atoms with Crippen LogP contribution < -0.4 is 5.32 Å². The van der Waals surface area contributed by atoms with Crippen LogP contribution in [0.5, 0.6) is 5.75 Å². The van der Waals surface area contributed by atoms with Gasteiger partial charge in [-0.1, -0.05) is 36.4 Å². The Hall–Kier alpha value is -2.33. The molecule has 0 saturated heterocycles. The van der Waals surface area contributed by atoms with Gasteiger partial charge in [-0.2, -0.15) is 0 Å². The first-order valence-corrected chi connectivity index (χ1v) is 8.77. The molecular formula is C21H26N2O2. The third-order valence-corrected chi connectivity index (χ3v) is 5.15. The number of phenols is 1. The average Bonchev–Trinajstić information content (AvgIpc) is 2.61. The van der Waals surface area contributed by atoms with Gasteiger partial charge in [-0.05, 0) is 49.9 Å². The summed E-state index contributed by atoms with van der Waals surface area (Å²) < 4.78 is 0. The molecule has 2 N–H and O–H groups in total. The fraction of sp³-hybridized carbons (Fsp3) is 0.381. The zero-order valence-corrected chi connectivity index (χ0v) is 15.2. The van der Waals surface area contributed by atoms with Crippen LogP contribution in [0, 0.1) is 6.92 Å². The fourth-order valence-electron chi connectivity index (χ4n) is 3.36. The zero-order chi connectivity index (χ0) is 18.0. The van der Waals surface area contributed by atoms with Gasteiger partial charge in [-0.3, -0.25) is 9.69 Å². The molecule has 0 aromatic heterocycles. The summed E-state index contributed by atoms with van der Waals surface area (Å²) in [5.41, 5.74) is 3.66. The molecule has 2 aromatic carbocycles. The molecule has 0 bridgehead atoms. The zero-order valence-electron chi connectivity index (χ0n) is 15.2. The Balaban J connectivity index is 1.66. The van der Waals surface area contributed by atoms with E-state index in [1.165, 1.54) is 11.1 Å². The van der Waals surface area contributed by atoms with Crippen LogP contribution in [0.1, 0.15) is 40.9 Å². The van der Waals surface area contributed by atoms with E-state index in [0.29, 0.717) is 17.7 Å². The number of carbonyl (C=O) groups is 1. The number of carbonyl (C=O) groups excluding carboxylic acids is 1. The van der Waals surface area contributed by atoms with Gasteiger partial charge in [0.2, 0.25) is 0 Å². The van der Waals surface area contributed by atoms with Gasteiger partial charge in [-0.15, -0.1) is 0 Å². The summed E-state index contributed by atoms with van der Waals surface area (Å²) in [5.74, 6) is -0.170. The van der Waals surface area contributed by atoms with Crippen molar-refractivity contribution in [1.82, 2.24) is 10.2 Å². The largest absolute Gasteiger partial charge is 0.507 e. The molecule has 1 heterocycles. The van der Waals surface area contributed by atoms with Crippen LogP contribution in [0.25, 0.3) is 0 Å². The summed E-state index contributed by atoms with van der Waals surface area (Å²) in [7, 11) is 0. The molecule has 0 atom stereocenters. The van der Waals surface area contributed by atoms with Crippen LogP contribution in [-0.4, -0.2) is 34.5 Å². The number of rotatable bonds is 4. The number of nitrogens with one attached hydrogen (secondary N) is 1. The number of amides is 1. The summed E-state index contributed by atoms with van der Waals surface area (Å²) in [5, 5.41) is 13.1. The lowest BCUT2D eigenvalue weighted by Gasteiger charge is -2.41. The van der Waals surface area contributed by atoms with E-state index >= 15 is 0 Å². The molecule has 3 rings (SSSR count). The number of para-hydroxylation sites is 1. The Morgan fingerprint density at radius 1 is 1.16 bits per heavy atom. The summed E-state index contributed by atoms with van der Waals surface area (Å²) in [6.07, 6.45) is 1.03. The molecule has 0 saturated carbocycles. The predicted octanol–water partition coefficient (Wildman–Crippen LogP) is 3.27. The molecular weight excluding hydrogens is 312 g/mol. The maximum atomic E-state index is 12.5. The van der Waals surface area contributed by atoms with Crippen molar-refractivity contribution in [2.75, 3.05) is 13.1 Å². The Labute approximate surface area is 149 Å². The maximum Gasteiger partial charge on any atom is 0.255 e. The average molecular weight is 338 g/mol. The molecule has 0 fully saturated rings. The van der Waals surface area contributed by atoms with Crippen molar-refractivity contribution in [2.45, 2.75) is 39.3 Å². The number of aryl methyl sites for hydroxylation is 1. The normalized spacial score (nSPS) is 14.8. The Morgan fingerprint density at radius 3 is 2.64 bits per heavy atom. The van der Waals surface area contributed by atoms with E-state index in [4.69, 9.17) is 0 Å². The molecule has 25 heavy (non-hydrogen) atoms. The van der Waals surface area contributed by atoms with Gasteiger partial charge in [0.25, 0.3) is 5.91 Å². The SMILES string of the molecule is Cc1cccc(C(=O)NCC(C)(C)N2CCc3ccccc3C2)c1O. The van der Waals surface area contributed by atoms with Crippen molar-refractivity contribution in [1.29, 1.82) is 0 Å². The van der Waals surface area contributed by atoms with Crippen molar-refractivity contribution >= 4 is 5.91 Å². The van der Waals surface area contributed by atoms with Gasteiger partial charge in [0, 0.05) is 25.2 Å². The second-order valence-electron chi connectivity index (χ2n) is 7.41. The Kier molecular flexibility index (Phi) is 4.82. The minimum atomic E-state index is -0.230. The van der Waals surface area contributed by atoms with Crippen molar-refractivity contribution in [3.05, 3.63) is 64.7 Å². The van der Waals surface area contributed by atoms with Crippen LogP contribution in [0.3, 0.4) is 0 Å². The van der Waals surface area contributed by atoms with Crippen LogP contribution >= 0.6 is 0 Å². The Bertz CT molecular complexity index is 783. The minimum absolute atomic E-state index is 0.0599. The van der Waals surface area contributed by atoms with E-state index in [9.17, 15) is 9.90 Å². The van der Waals surface area contributed by atoms with E-state index in [2.05, 4.69) is 48.3 Å². The van der Waals surface area contributed by atoms with Gasteiger partial charge < -0.3 is 10.4 Å². The molecule has 0 spiro atoms. The second-order valence-corrected chi connectivity index (χ2v) is 7.41. The number of fused-ring (bicyclic) bond motifs is 1. The van der Waals surface area contributed by atoms with Crippen LogP contribution in [-0.2, 0) is 13.0 Å². The van der Waals surface area contributed by atoms with E-state index < -0.39 is 0 Å². The molecule has 0 aliphatic carbocycles. The van der Waals surface area contributed by atoms with Crippen LogP contribution in [0.4, 0.5) is 0 Å². The van der Waals surface area contributed by atoms with Crippen LogP contribution in [0.2, 0.25) is 0 Å². The lowest BCUT2D eigenvalue weighted by molar-refractivity contribution is 0.0824. The van der Waals surface area contributed by atoms with Gasteiger partial charge in [0.15, 0.2) is 0 Å². The molecule has 0 radical (unpaired) electrons. The highest BCUT2D eigenvalue weighted by molar-refractivity contribution is 5.97. The first kappa shape index (κ1) is 17.5. The van der Waals surface area contributed by atoms with E-state index in [-0.39, 0.29) is 17.2 Å². The number of aromatic hydroxyl groups is 1. The second kappa shape index (κ2) is 6.89. The van der Waals surface area contributed by atoms with E-state index in [1.807, 2.05) is 0 Å². The van der Waals surface area contributed by atoms with Crippen molar-refractivity contribution in [3.63, 3.8) is 0 Å². The number of hydrogen-bond acceptors (Lipinski definition) is 3. The summed E-state index contributed by atoms with van der Waals surface area (Å²) in [6.45, 7) is 8.50. The Morgan fingerprint density at radius 2 is 1.88 bits per heavy atom. The van der Waals surface area contributed by atoms with Crippen LogP contribution in [0.15, 0.2) is 42.5 Å². The van der Waals surface area contributed by atoms with E-state index in [1.54, 1.807) is 25.1 Å². The molecule has 1 aliphatic heterocycles. The lowest BCUT2D eigenvalue weighted by atomic mass is 9.94. The highest BCUT2D eigenvalue weighted by Crippen LogP contribution is 2.25. The lowest BCUT2D eigenvalue weighted by Crippen LogP contribution is -2.53. The molecule has 2 aromatic rings. The minimum Gasteiger partial charge on any atom is -0.507 e. The number of hydrogen-bond donors (Lipinski definition) is 2. The first-order chi connectivity index (χ1) is 11.9. The standard InChI is InChI=1S/C21H26N2O2/c1-15-7-6-10-18(19(15)24)20(25)22-14-21(2,3)23-12-11-16-8-4-5-9-17(16)13-23/h4-10,24H,11-14H2,1-3H3,(H,22,25). The number of phenolic OH excluding ortho intramolecular Hbond substituents is 1. The summed E-state index contributed by atoms with van der Waals surface area (Å²) in [4.78, 5) is 14.9. The maximum absolute atomic E-state index is 12.5. The van der Waals surface area contributed by atoms with Gasteiger partial charge in [-0.25, -0.2) is 0 Å². The third kappa shape index (κ3) is 3.69. The van der Waals surface area contributed by atoms with Gasteiger partial charge in [0.1, 0.15) is 5.75 Å². The highest BCUT2D eigenvalue weighted by Gasteiger charge is 2.30. The summed E-state index contributed by atoms with van der Waals surface area (Å²) in [6, 6.07) is 13.8. The monoisotopic (exact) mass is 338 g/mol. The molecule has 1 aliphatic rings. The van der Waals surface area contributed by atoms with Gasteiger partial charge in [0.05, 0.1) is 5.56 Å². The molecule has 4 heteroatoms. The summed E-state index contributed by atoms with van der Waals surface area (Å²) >= 11 is 0. The predicted molar refractivity (Wildman–Crippen MR) is 99.8 cm³/mol. The molecule has 1 amide bonds. The molecule has 0 unspecified atom stereocenters. The van der Waals surface area contributed by atoms with Crippen molar-refractivity contribution in [3.8, 4) is 5.75 Å². The van der Waals surface area contributed by atoms with Gasteiger partial charge >= 0.3 is 0 Å². The number of benzene rings is 2. The van der Waals surface area contributed by atoms with Crippen molar-refractivity contribution < 1.29 is 9.90 Å². The van der Waals surface area contributed by atoms with E-state index in [0.717, 1.165) is 19.5 Å². The third-order valence-electron chi connectivity index (χ3n) is 5.15. The number of nitrogens with zero attached hydrogens (tertiary/aromatic N) is 1. The first-order valence-electron chi connectivity index (χ1n) is 8.77. The fourth-order valence-corrected chi connectivity index (χ4v) is 3.36.